The first-order chi connectivity index (χ1) is 12.9. The Morgan fingerprint density at radius 3 is 2.33 bits per heavy atom. The van der Waals surface area contributed by atoms with Crippen molar-refractivity contribution in [1.29, 1.82) is 0 Å². The van der Waals surface area contributed by atoms with Crippen LogP contribution in [0.2, 0.25) is 0 Å². The lowest BCUT2D eigenvalue weighted by Gasteiger charge is -2.20. The molecule has 0 saturated carbocycles. The highest BCUT2D eigenvalue weighted by molar-refractivity contribution is 5.89. The molecule has 0 aliphatic rings. The van der Waals surface area contributed by atoms with Gasteiger partial charge in [0.05, 0.1) is 13.7 Å². The van der Waals surface area contributed by atoms with Crippen molar-refractivity contribution in [2.24, 2.45) is 0 Å². The summed E-state index contributed by atoms with van der Waals surface area (Å²) in [6, 6.07) is 6.84. The molecule has 1 aromatic rings. The number of methoxy groups -OCH3 is 1. The Hall–Kier alpha value is -2.87. The molecule has 0 bridgehead atoms. The molecule has 0 aliphatic carbocycles. The smallest absolute Gasteiger partial charge is 0.408 e. The summed E-state index contributed by atoms with van der Waals surface area (Å²) in [6.07, 6.45) is 1.15. The van der Waals surface area contributed by atoms with Gasteiger partial charge in [-0.3, -0.25) is 4.79 Å². The fraction of sp³-hybridized carbons (Fsp3) is 0.421. The highest BCUT2D eigenvalue weighted by Crippen LogP contribution is 2.03. The molecule has 8 heteroatoms. The lowest BCUT2D eigenvalue weighted by Crippen LogP contribution is -2.53. The minimum absolute atomic E-state index is 0.0256. The van der Waals surface area contributed by atoms with E-state index in [1.807, 2.05) is 19.9 Å². The number of ether oxygens (including phenoxy) is 2. The summed E-state index contributed by atoms with van der Waals surface area (Å²) in [7, 11) is 1.22. The number of hydrogen-bond acceptors (Lipinski definition) is 6. The molecule has 1 rings (SSSR count). The van der Waals surface area contributed by atoms with Crippen LogP contribution in [0, 0.1) is 0 Å². The van der Waals surface area contributed by atoms with Crippen LogP contribution in [0.4, 0.5) is 4.79 Å². The molecule has 0 unspecified atom stereocenters. The highest BCUT2D eigenvalue weighted by atomic mass is 16.5. The molecule has 8 nitrogen and oxygen atoms in total. The quantitative estimate of drug-likeness (QED) is 0.441. The van der Waals surface area contributed by atoms with Crippen molar-refractivity contribution < 1.29 is 29.0 Å². The van der Waals surface area contributed by atoms with Crippen LogP contribution in [0.1, 0.15) is 25.8 Å². The first-order valence-corrected chi connectivity index (χ1v) is 8.47. The fourth-order valence-electron chi connectivity index (χ4n) is 2.08. The molecule has 2 atom stereocenters. The van der Waals surface area contributed by atoms with Crippen LogP contribution < -0.4 is 10.6 Å². The Bertz CT molecular complexity index is 655. The number of amides is 2. The van der Waals surface area contributed by atoms with Gasteiger partial charge in [-0.1, -0.05) is 42.0 Å². The van der Waals surface area contributed by atoms with E-state index in [9.17, 15) is 19.5 Å². The number of esters is 1. The summed E-state index contributed by atoms with van der Waals surface area (Å²) in [5.74, 6) is -1.34. The van der Waals surface area contributed by atoms with Gasteiger partial charge in [-0.2, -0.15) is 0 Å². The fourth-order valence-corrected chi connectivity index (χ4v) is 2.08. The lowest BCUT2D eigenvalue weighted by atomic mass is 10.1. The third kappa shape index (κ3) is 8.37. The Kier molecular flexibility index (Phi) is 9.60. The number of nitrogens with one attached hydrogen (secondary N) is 2. The van der Waals surface area contributed by atoms with Crippen LogP contribution in [0.15, 0.2) is 42.0 Å². The van der Waals surface area contributed by atoms with Crippen LogP contribution >= 0.6 is 0 Å². The molecule has 0 fully saturated rings. The third-order valence-corrected chi connectivity index (χ3v) is 3.57. The van der Waals surface area contributed by atoms with Gasteiger partial charge in [-0.15, -0.1) is 0 Å². The van der Waals surface area contributed by atoms with Crippen molar-refractivity contribution in [3.05, 3.63) is 47.5 Å². The predicted molar refractivity (Wildman–Crippen MR) is 98.6 cm³/mol. The van der Waals surface area contributed by atoms with Crippen LogP contribution in [-0.2, 0) is 25.7 Å². The van der Waals surface area contributed by atoms with E-state index in [1.54, 1.807) is 30.3 Å². The Morgan fingerprint density at radius 2 is 1.78 bits per heavy atom. The van der Waals surface area contributed by atoms with E-state index in [4.69, 9.17) is 4.74 Å². The normalized spacial score (nSPS) is 12.3. The Labute approximate surface area is 158 Å². The van der Waals surface area contributed by atoms with Gasteiger partial charge in [-0.05, 0) is 25.8 Å². The molecule has 0 heterocycles. The minimum atomic E-state index is -1.26. The molecule has 0 radical (unpaired) electrons. The number of carbonyl (C=O) groups is 3. The van der Waals surface area contributed by atoms with E-state index < -0.39 is 36.7 Å². The number of rotatable bonds is 9. The van der Waals surface area contributed by atoms with E-state index in [2.05, 4.69) is 15.4 Å². The van der Waals surface area contributed by atoms with E-state index >= 15 is 0 Å². The van der Waals surface area contributed by atoms with E-state index in [0.717, 1.165) is 11.1 Å². The van der Waals surface area contributed by atoms with Gasteiger partial charge in [0.2, 0.25) is 5.91 Å². The SMILES string of the molecule is COC(=O)[C@@H](CC=C(C)C)NC(=O)[C@H](CO)NC(=O)OCc1ccccc1. The zero-order valence-electron chi connectivity index (χ0n) is 15.7. The standard InChI is InChI=1S/C19H26N2O6/c1-13(2)9-10-15(18(24)26-3)20-17(23)16(11-22)21-19(25)27-12-14-7-5-4-6-8-14/h4-9,15-16,22H,10-12H2,1-3H3,(H,20,23)(H,21,25)/t15-,16+/m1/s1. The summed E-state index contributed by atoms with van der Waals surface area (Å²) < 4.78 is 9.69. The second-order valence-corrected chi connectivity index (χ2v) is 6.04. The number of aliphatic hydroxyl groups is 1. The minimum Gasteiger partial charge on any atom is -0.467 e. The van der Waals surface area contributed by atoms with Crippen LogP contribution in [0.3, 0.4) is 0 Å². The Morgan fingerprint density at radius 1 is 1.11 bits per heavy atom. The van der Waals surface area contributed by atoms with Gasteiger partial charge in [0.15, 0.2) is 0 Å². The number of benzene rings is 1. The number of alkyl carbamates (subject to hydrolysis) is 1. The van der Waals surface area contributed by atoms with Gasteiger partial charge < -0.3 is 25.2 Å². The molecule has 0 spiro atoms. The van der Waals surface area contributed by atoms with Crippen LogP contribution in [0.5, 0.6) is 0 Å². The molecule has 0 aliphatic heterocycles. The molecule has 0 saturated heterocycles. The molecular formula is C19H26N2O6. The topological polar surface area (TPSA) is 114 Å². The van der Waals surface area contributed by atoms with Crippen molar-refractivity contribution in [2.45, 2.75) is 39.0 Å². The number of aliphatic hydroxyl groups excluding tert-OH is 1. The average Bonchev–Trinajstić information content (AvgIpc) is 2.67. The van der Waals surface area contributed by atoms with E-state index in [0.29, 0.717) is 0 Å². The zero-order chi connectivity index (χ0) is 20.2. The first-order valence-electron chi connectivity index (χ1n) is 8.47. The van der Waals surface area contributed by atoms with Gasteiger partial charge in [0.1, 0.15) is 18.7 Å². The lowest BCUT2D eigenvalue weighted by molar-refractivity contribution is -0.145. The largest absolute Gasteiger partial charge is 0.467 e. The molecule has 27 heavy (non-hydrogen) atoms. The maximum absolute atomic E-state index is 12.3. The van der Waals surface area contributed by atoms with Gasteiger partial charge in [-0.25, -0.2) is 9.59 Å². The molecule has 3 N–H and O–H groups in total. The molecular weight excluding hydrogens is 352 g/mol. The Balaban J connectivity index is 2.61. The summed E-state index contributed by atoms with van der Waals surface area (Å²) >= 11 is 0. The second-order valence-electron chi connectivity index (χ2n) is 6.04. The maximum atomic E-state index is 12.3. The zero-order valence-corrected chi connectivity index (χ0v) is 15.7. The van der Waals surface area contributed by atoms with E-state index in [1.165, 1.54) is 7.11 Å². The van der Waals surface area contributed by atoms with Crippen molar-refractivity contribution in [3.63, 3.8) is 0 Å². The summed E-state index contributed by atoms with van der Waals surface area (Å²) in [4.78, 5) is 36.0. The van der Waals surface area contributed by atoms with Crippen LogP contribution in [0.25, 0.3) is 0 Å². The second kappa shape index (κ2) is 11.7. The number of hydrogen-bond donors (Lipinski definition) is 3. The average molecular weight is 378 g/mol. The van der Waals surface area contributed by atoms with Gasteiger partial charge in [0, 0.05) is 0 Å². The van der Waals surface area contributed by atoms with Crippen LogP contribution in [-0.4, -0.2) is 48.9 Å². The third-order valence-electron chi connectivity index (χ3n) is 3.57. The highest BCUT2D eigenvalue weighted by Gasteiger charge is 2.26. The van der Waals surface area contributed by atoms with E-state index in [-0.39, 0.29) is 13.0 Å². The molecule has 2 amide bonds. The van der Waals surface area contributed by atoms with Crippen molar-refractivity contribution >= 4 is 18.0 Å². The van der Waals surface area contributed by atoms with Gasteiger partial charge in [0.25, 0.3) is 0 Å². The number of allylic oxidation sites excluding steroid dienone is 1. The first kappa shape index (κ1) is 22.2. The predicted octanol–water partition coefficient (Wildman–Crippen LogP) is 1.29. The number of carbonyl (C=O) groups excluding carboxylic acids is 3. The van der Waals surface area contributed by atoms with Gasteiger partial charge >= 0.3 is 12.1 Å². The summed E-state index contributed by atoms with van der Waals surface area (Å²) in [5, 5.41) is 14.1. The summed E-state index contributed by atoms with van der Waals surface area (Å²) in [6.45, 7) is 3.09. The van der Waals surface area contributed by atoms with Crippen molar-refractivity contribution in [2.75, 3.05) is 13.7 Å². The monoisotopic (exact) mass is 378 g/mol. The molecule has 0 aromatic heterocycles. The molecule has 148 valence electrons. The maximum Gasteiger partial charge on any atom is 0.408 e. The van der Waals surface area contributed by atoms with Crippen molar-refractivity contribution in [1.82, 2.24) is 10.6 Å². The summed E-state index contributed by atoms with van der Waals surface area (Å²) in [5.41, 5.74) is 1.75. The molecule has 1 aromatic carbocycles. The van der Waals surface area contributed by atoms with Crippen molar-refractivity contribution in [3.8, 4) is 0 Å².